The first-order chi connectivity index (χ1) is 10.7. The number of nitrogens with one attached hydrogen (secondary N) is 1. The molecule has 1 aromatic heterocycles. The van der Waals surface area contributed by atoms with Crippen molar-refractivity contribution in [3.05, 3.63) is 46.4 Å². The number of methoxy groups -OCH3 is 1. The van der Waals surface area contributed by atoms with Crippen LogP contribution in [0.15, 0.2) is 35.1 Å². The van der Waals surface area contributed by atoms with Gasteiger partial charge < -0.3 is 15.2 Å². The van der Waals surface area contributed by atoms with Crippen LogP contribution in [0.5, 0.6) is 11.5 Å². The Morgan fingerprint density at radius 1 is 1.30 bits per heavy atom. The Morgan fingerprint density at radius 2 is 1.96 bits per heavy atom. The molecule has 2 rings (SSSR count). The topological polar surface area (TPSA) is 93.5 Å². The Morgan fingerprint density at radius 3 is 2.57 bits per heavy atom. The minimum Gasteiger partial charge on any atom is -0.505 e. The molecule has 0 aliphatic heterocycles. The van der Waals surface area contributed by atoms with Gasteiger partial charge in [-0.05, 0) is 32.9 Å². The maximum absolute atomic E-state index is 12.3. The molecule has 1 aromatic carbocycles. The Kier molecular flexibility index (Phi) is 4.40. The third-order valence-corrected chi connectivity index (χ3v) is 2.93. The first-order valence-corrected chi connectivity index (χ1v) is 7.02. The van der Waals surface area contributed by atoms with Crippen LogP contribution in [0.3, 0.4) is 0 Å². The number of aromatic nitrogens is 2. The van der Waals surface area contributed by atoms with Crippen molar-refractivity contribution in [1.82, 2.24) is 15.1 Å². The van der Waals surface area contributed by atoms with E-state index in [2.05, 4.69) is 10.4 Å². The number of hydrogen-bond acceptors (Lipinski definition) is 5. The highest BCUT2D eigenvalue weighted by Crippen LogP contribution is 2.21. The van der Waals surface area contributed by atoms with Crippen molar-refractivity contribution in [2.24, 2.45) is 0 Å². The summed E-state index contributed by atoms with van der Waals surface area (Å²) < 4.78 is 6.23. The van der Waals surface area contributed by atoms with Gasteiger partial charge in [0.1, 0.15) is 11.4 Å². The lowest BCUT2D eigenvalue weighted by molar-refractivity contribution is 0.0909. The van der Waals surface area contributed by atoms with Crippen LogP contribution in [-0.2, 0) is 0 Å². The highest BCUT2D eigenvalue weighted by Gasteiger charge is 2.22. The second-order valence-corrected chi connectivity index (χ2v) is 6.00. The lowest BCUT2D eigenvalue weighted by atomic mass is 10.1. The fourth-order valence-corrected chi connectivity index (χ4v) is 1.99. The van der Waals surface area contributed by atoms with E-state index in [4.69, 9.17) is 4.74 Å². The number of ether oxygens (including phenoxy) is 1. The molecule has 0 spiro atoms. The molecule has 2 aromatic rings. The van der Waals surface area contributed by atoms with Crippen LogP contribution in [-0.4, -0.2) is 33.4 Å². The van der Waals surface area contributed by atoms with Crippen molar-refractivity contribution in [2.75, 3.05) is 7.11 Å². The van der Waals surface area contributed by atoms with Crippen LogP contribution in [0.25, 0.3) is 5.69 Å². The molecule has 0 bridgehead atoms. The van der Waals surface area contributed by atoms with E-state index in [1.165, 1.54) is 7.11 Å². The SMILES string of the molecule is COc1ccccc1-n1nc(C(=O)NC(C)(C)C)c(O)cc1=O. The lowest BCUT2D eigenvalue weighted by Crippen LogP contribution is -2.41. The van der Waals surface area contributed by atoms with E-state index in [9.17, 15) is 14.7 Å². The highest BCUT2D eigenvalue weighted by molar-refractivity contribution is 5.95. The number of amides is 1. The van der Waals surface area contributed by atoms with Crippen molar-refractivity contribution >= 4 is 5.91 Å². The van der Waals surface area contributed by atoms with E-state index in [1.54, 1.807) is 45.0 Å². The van der Waals surface area contributed by atoms with Crippen molar-refractivity contribution in [1.29, 1.82) is 0 Å². The third kappa shape index (κ3) is 3.68. The Bertz CT molecular complexity index is 791. The van der Waals surface area contributed by atoms with E-state index in [0.717, 1.165) is 10.7 Å². The maximum atomic E-state index is 12.3. The molecule has 0 saturated carbocycles. The summed E-state index contributed by atoms with van der Waals surface area (Å²) in [6, 6.07) is 7.73. The van der Waals surface area contributed by atoms with E-state index >= 15 is 0 Å². The van der Waals surface area contributed by atoms with Gasteiger partial charge in [-0.2, -0.15) is 9.78 Å². The summed E-state index contributed by atoms with van der Waals surface area (Å²) in [6.07, 6.45) is 0. The van der Waals surface area contributed by atoms with Crippen molar-refractivity contribution in [2.45, 2.75) is 26.3 Å². The zero-order valence-electron chi connectivity index (χ0n) is 13.5. The molecule has 23 heavy (non-hydrogen) atoms. The highest BCUT2D eigenvalue weighted by atomic mass is 16.5. The summed E-state index contributed by atoms with van der Waals surface area (Å²) in [4.78, 5) is 24.4. The molecular formula is C16H19N3O4. The lowest BCUT2D eigenvalue weighted by Gasteiger charge is -2.20. The van der Waals surface area contributed by atoms with Gasteiger partial charge in [0.15, 0.2) is 11.4 Å². The number of aromatic hydroxyl groups is 1. The molecule has 0 aliphatic rings. The molecule has 0 radical (unpaired) electrons. The molecule has 7 nitrogen and oxygen atoms in total. The van der Waals surface area contributed by atoms with E-state index in [-0.39, 0.29) is 5.69 Å². The molecule has 0 unspecified atom stereocenters. The Balaban J connectivity index is 2.57. The number of carbonyl (C=O) groups is 1. The minimum atomic E-state index is -0.571. The van der Waals surface area contributed by atoms with Gasteiger partial charge in [0.25, 0.3) is 11.5 Å². The molecule has 0 saturated heterocycles. The second kappa shape index (κ2) is 6.12. The quantitative estimate of drug-likeness (QED) is 0.894. The average molecular weight is 317 g/mol. The first kappa shape index (κ1) is 16.5. The van der Waals surface area contributed by atoms with Gasteiger partial charge in [0, 0.05) is 11.6 Å². The molecular weight excluding hydrogens is 298 g/mol. The molecule has 2 N–H and O–H groups in total. The fourth-order valence-electron chi connectivity index (χ4n) is 1.99. The predicted molar refractivity (Wildman–Crippen MR) is 85.3 cm³/mol. The molecule has 1 amide bonds. The summed E-state index contributed by atoms with van der Waals surface area (Å²) in [6.45, 7) is 5.41. The number of carbonyl (C=O) groups excluding carboxylic acids is 1. The van der Waals surface area contributed by atoms with Crippen LogP contribution in [0, 0.1) is 0 Å². The van der Waals surface area contributed by atoms with Crippen LogP contribution in [0.1, 0.15) is 31.3 Å². The normalized spacial score (nSPS) is 11.1. The smallest absolute Gasteiger partial charge is 0.276 e. The van der Waals surface area contributed by atoms with E-state index in [0.29, 0.717) is 11.4 Å². The molecule has 0 fully saturated rings. The molecule has 0 atom stereocenters. The van der Waals surface area contributed by atoms with Crippen molar-refractivity contribution in [3.63, 3.8) is 0 Å². The summed E-state index contributed by atoms with van der Waals surface area (Å²) in [5.74, 6) is -0.614. The van der Waals surface area contributed by atoms with Gasteiger partial charge in [0.2, 0.25) is 0 Å². The molecule has 7 heteroatoms. The van der Waals surface area contributed by atoms with Gasteiger partial charge in [-0.25, -0.2) is 0 Å². The van der Waals surface area contributed by atoms with Crippen LogP contribution in [0.2, 0.25) is 0 Å². The number of hydrogen-bond donors (Lipinski definition) is 2. The average Bonchev–Trinajstić information content (AvgIpc) is 2.45. The number of para-hydroxylation sites is 2. The zero-order chi connectivity index (χ0) is 17.2. The second-order valence-electron chi connectivity index (χ2n) is 6.00. The van der Waals surface area contributed by atoms with Crippen LogP contribution in [0.4, 0.5) is 0 Å². The maximum Gasteiger partial charge on any atom is 0.276 e. The third-order valence-electron chi connectivity index (χ3n) is 2.93. The monoisotopic (exact) mass is 317 g/mol. The molecule has 122 valence electrons. The Labute approximate surface area is 133 Å². The van der Waals surface area contributed by atoms with Gasteiger partial charge >= 0.3 is 0 Å². The van der Waals surface area contributed by atoms with Crippen molar-refractivity contribution in [3.8, 4) is 17.2 Å². The van der Waals surface area contributed by atoms with Crippen molar-refractivity contribution < 1.29 is 14.6 Å². The van der Waals surface area contributed by atoms with Gasteiger partial charge in [-0.15, -0.1) is 0 Å². The van der Waals surface area contributed by atoms with Crippen LogP contribution >= 0.6 is 0 Å². The number of nitrogens with zero attached hydrogens (tertiary/aromatic N) is 2. The molecule has 1 heterocycles. The minimum absolute atomic E-state index is 0.231. The fraction of sp³-hybridized carbons (Fsp3) is 0.312. The standard InChI is InChI=1S/C16H19N3O4/c1-16(2,3)17-15(22)14-11(20)9-13(21)19(18-14)10-7-5-6-8-12(10)23-4/h5-9,20H,1-4H3,(H,17,22). The predicted octanol–water partition coefficient (Wildman–Crippen LogP) is 1.47. The summed E-state index contributed by atoms with van der Waals surface area (Å²) in [5, 5.41) is 16.6. The Hall–Kier alpha value is -2.83. The van der Waals surface area contributed by atoms with E-state index < -0.39 is 22.8 Å². The zero-order valence-corrected chi connectivity index (χ0v) is 13.5. The van der Waals surface area contributed by atoms with Gasteiger partial charge in [-0.3, -0.25) is 9.59 Å². The first-order valence-electron chi connectivity index (χ1n) is 7.02. The van der Waals surface area contributed by atoms with Gasteiger partial charge in [0.05, 0.1) is 7.11 Å². The summed E-state index contributed by atoms with van der Waals surface area (Å²) in [7, 11) is 1.47. The van der Waals surface area contributed by atoms with Gasteiger partial charge in [-0.1, -0.05) is 12.1 Å². The van der Waals surface area contributed by atoms with Crippen LogP contribution < -0.4 is 15.6 Å². The number of benzene rings is 1. The molecule has 0 aliphatic carbocycles. The largest absolute Gasteiger partial charge is 0.505 e. The van der Waals surface area contributed by atoms with E-state index in [1.807, 2.05) is 0 Å². The summed E-state index contributed by atoms with van der Waals surface area (Å²) >= 11 is 0. The number of rotatable bonds is 3. The summed E-state index contributed by atoms with van der Waals surface area (Å²) in [5.41, 5.74) is -0.925.